The van der Waals surface area contributed by atoms with Crippen molar-refractivity contribution < 1.29 is 9.59 Å². The first-order chi connectivity index (χ1) is 12.0. The molecule has 0 unspecified atom stereocenters. The van der Waals surface area contributed by atoms with Gasteiger partial charge in [0.1, 0.15) is 0 Å². The Labute approximate surface area is 149 Å². The van der Waals surface area contributed by atoms with E-state index in [1.807, 2.05) is 6.92 Å². The summed E-state index contributed by atoms with van der Waals surface area (Å²) in [6, 6.07) is 10.0. The fourth-order valence-corrected chi connectivity index (χ4v) is 2.86. The Morgan fingerprint density at radius 2 is 1.96 bits per heavy atom. The summed E-state index contributed by atoms with van der Waals surface area (Å²) in [5.74, 6) is -0.791. The van der Waals surface area contributed by atoms with E-state index >= 15 is 0 Å². The van der Waals surface area contributed by atoms with Crippen LogP contribution in [0.2, 0.25) is 0 Å². The molecule has 0 aliphatic heterocycles. The number of benzene rings is 1. The van der Waals surface area contributed by atoms with Crippen LogP contribution in [-0.2, 0) is 11.2 Å². The van der Waals surface area contributed by atoms with Gasteiger partial charge in [-0.3, -0.25) is 25.2 Å². The van der Waals surface area contributed by atoms with Crippen molar-refractivity contribution >= 4 is 23.6 Å². The van der Waals surface area contributed by atoms with E-state index in [4.69, 9.17) is 0 Å². The lowest BCUT2D eigenvalue weighted by Gasteiger charge is -2.12. The fraction of sp³-hybridized carbons (Fsp3) is 0.294. The lowest BCUT2D eigenvalue weighted by Crippen LogP contribution is -2.45. The van der Waals surface area contributed by atoms with E-state index in [2.05, 4.69) is 20.8 Å². The molecule has 3 N–H and O–H groups in total. The largest absolute Gasteiger partial charge is 0.301 e. The van der Waals surface area contributed by atoms with Crippen LogP contribution >= 0.6 is 11.8 Å². The molecule has 0 radical (unpaired) electrons. The highest BCUT2D eigenvalue weighted by molar-refractivity contribution is 8.00. The number of nitrogens with one attached hydrogen (secondary N) is 3. The first-order valence-corrected chi connectivity index (χ1v) is 8.79. The number of hydrogen-bond donors (Lipinski definition) is 3. The number of hydrazine groups is 1. The van der Waals surface area contributed by atoms with Crippen molar-refractivity contribution in [3.8, 4) is 0 Å². The molecule has 0 aliphatic rings. The van der Waals surface area contributed by atoms with Crippen LogP contribution in [0.25, 0.3) is 0 Å². The van der Waals surface area contributed by atoms with Gasteiger partial charge in [0.2, 0.25) is 0 Å². The third-order valence-corrected chi connectivity index (χ3v) is 4.26. The molecule has 0 aliphatic carbocycles. The molecule has 1 atom stereocenters. The summed E-state index contributed by atoms with van der Waals surface area (Å²) in [4.78, 5) is 42.6. The van der Waals surface area contributed by atoms with Gasteiger partial charge in [0.15, 0.2) is 5.16 Å². The summed E-state index contributed by atoms with van der Waals surface area (Å²) in [5.41, 5.74) is 5.64. The number of rotatable bonds is 6. The molecular formula is C17H20N4O3S. The predicted molar refractivity (Wildman–Crippen MR) is 96.2 cm³/mol. The van der Waals surface area contributed by atoms with Crippen molar-refractivity contribution in [3.05, 3.63) is 58.0 Å². The second kappa shape index (κ2) is 9.03. The number of aromatic amines is 1. The average Bonchev–Trinajstić information content (AvgIpc) is 2.59. The Morgan fingerprint density at radius 3 is 2.64 bits per heavy atom. The lowest BCUT2D eigenvalue weighted by molar-refractivity contribution is -0.121. The number of amides is 2. The molecule has 2 rings (SSSR count). The first kappa shape index (κ1) is 18.7. The molecule has 2 aromatic rings. The van der Waals surface area contributed by atoms with Crippen LogP contribution in [-0.4, -0.2) is 27.0 Å². The zero-order chi connectivity index (χ0) is 18.2. The minimum absolute atomic E-state index is 0.245. The Kier molecular flexibility index (Phi) is 6.76. The molecule has 1 aromatic heterocycles. The standard InChI is InChI=1S/C17H20N4O3S/c1-3-7-13-10-14(22)19-17(18-13)25-11(2)15(23)20-21-16(24)12-8-5-4-6-9-12/h4-6,8-11H,3,7H2,1-2H3,(H,20,23)(H,21,24)(H,18,19,22)/t11-/m0/s1. The highest BCUT2D eigenvalue weighted by atomic mass is 32.2. The van der Waals surface area contributed by atoms with Gasteiger partial charge in [0.25, 0.3) is 17.4 Å². The zero-order valence-electron chi connectivity index (χ0n) is 14.0. The maximum absolute atomic E-state index is 12.1. The third-order valence-electron chi connectivity index (χ3n) is 3.27. The maximum atomic E-state index is 12.1. The average molecular weight is 360 g/mol. The van der Waals surface area contributed by atoms with E-state index in [0.29, 0.717) is 22.8 Å². The van der Waals surface area contributed by atoms with Crippen LogP contribution in [0, 0.1) is 0 Å². The molecule has 1 aromatic carbocycles. The summed E-state index contributed by atoms with van der Waals surface area (Å²) >= 11 is 1.12. The van der Waals surface area contributed by atoms with Crippen molar-refractivity contribution in [1.82, 2.24) is 20.8 Å². The number of aromatic nitrogens is 2. The van der Waals surface area contributed by atoms with Crippen molar-refractivity contribution in [3.63, 3.8) is 0 Å². The molecule has 7 nitrogen and oxygen atoms in total. The van der Waals surface area contributed by atoms with Crippen LogP contribution in [0.5, 0.6) is 0 Å². The highest BCUT2D eigenvalue weighted by Crippen LogP contribution is 2.18. The van der Waals surface area contributed by atoms with E-state index in [1.54, 1.807) is 37.3 Å². The van der Waals surface area contributed by atoms with Gasteiger partial charge >= 0.3 is 0 Å². The van der Waals surface area contributed by atoms with E-state index in [0.717, 1.165) is 18.2 Å². The van der Waals surface area contributed by atoms with Crippen LogP contribution < -0.4 is 16.4 Å². The zero-order valence-corrected chi connectivity index (χ0v) is 14.9. The van der Waals surface area contributed by atoms with Crippen LogP contribution in [0.4, 0.5) is 0 Å². The van der Waals surface area contributed by atoms with Crippen molar-refractivity contribution in [2.24, 2.45) is 0 Å². The summed E-state index contributed by atoms with van der Waals surface area (Å²) in [6.07, 6.45) is 1.58. The van der Waals surface area contributed by atoms with Gasteiger partial charge in [-0.1, -0.05) is 43.3 Å². The van der Waals surface area contributed by atoms with Crippen molar-refractivity contribution in [1.29, 1.82) is 0 Å². The molecule has 0 fully saturated rings. The molecule has 0 bridgehead atoms. The highest BCUT2D eigenvalue weighted by Gasteiger charge is 2.17. The van der Waals surface area contributed by atoms with Gasteiger partial charge in [-0.2, -0.15) is 0 Å². The second-order valence-electron chi connectivity index (χ2n) is 5.36. The SMILES string of the molecule is CCCc1cc(=O)[nH]c(S[C@@H](C)C(=O)NNC(=O)c2ccccc2)n1. The van der Waals surface area contributed by atoms with Gasteiger partial charge in [-0.25, -0.2) is 4.98 Å². The summed E-state index contributed by atoms with van der Waals surface area (Å²) in [5, 5.41) is -0.163. The Bertz CT molecular complexity index is 792. The lowest BCUT2D eigenvalue weighted by atomic mass is 10.2. The molecule has 0 saturated heterocycles. The predicted octanol–water partition coefficient (Wildman–Crippen LogP) is 1.66. The Balaban J connectivity index is 1.92. The normalized spacial score (nSPS) is 11.6. The second-order valence-corrected chi connectivity index (χ2v) is 6.69. The molecule has 8 heteroatoms. The minimum atomic E-state index is -0.545. The van der Waals surface area contributed by atoms with Crippen molar-refractivity contribution in [2.75, 3.05) is 0 Å². The van der Waals surface area contributed by atoms with Crippen LogP contribution in [0.3, 0.4) is 0 Å². The number of hydrogen-bond acceptors (Lipinski definition) is 5. The number of nitrogens with zero attached hydrogens (tertiary/aromatic N) is 1. The van der Waals surface area contributed by atoms with E-state index in [-0.39, 0.29) is 5.56 Å². The first-order valence-electron chi connectivity index (χ1n) is 7.91. The fourth-order valence-electron chi connectivity index (χ4n) is 2.03. The van der Waals surface area contributed by atoms with Gasteiger partial charge < -0.3 is 4.98 Å². The Morgan fingerprint density at radius 1 is 1.24 bits per heavy atom. The molecule has 0 saturated carbocycles. The molecule has 25 heavy (non-hydrogen) atoms. The number of H-pyrrole nitrogens is 1. The van der Waals surface area contributed by atoms with Crippen LogP contribution in [0.1, 0.15) is 36.3 Å². The van der Waals surface area contributed by atoms with Crippen LogP contribution in [0.15, 0.2) is 46.3 Å². The topological polar surface area (TPSA) is 104 Å². The summed E-state index contributed by atoms with van der Waals surface area (Å²) < 4.78 is 0. The monoisotopic (exact) mass is 360 g/mol. The van der Waals surface area contributed by atoms with E-state index in [9.17, 15) is 14.4 Å². The number of thioether (sulfide) groups is 1. The number of aryl methyl sites for hydroxylation is 1. The smallest absolute Gasteiger partial charge is 0.269 e. The quantitative estimate of drug-likeness (QED) is 0.413. The number of carbonyl (C=O) groups is 2. The molecule has 1 heterocycles. The van der Waals surface area contributed by atoms with Gasteiger partial charge in [0.05, 0.1) is 5.25 Å². The molecule has 132 valence electrons. The molecule has 2 amide bonds. The minimum Gasteiger partial charge on any atom is -0.301 e. The van der Waals surface area contributed by atoms with E-state index in [1.165, 1.54) is 6.07 Å². The molecular weight excluding hydrogens is 340 g/mol. The maximum Gasteiger partial charge on any atom is 0.269 e. The third kappa shape index (κ3) is 5.75. The van der Waals surface area contributed by atoms with Gasteiger partial charge in [-0.15, -0.1) is 0 Å². The van der Waals surface area contributed by atoms with Gasteiger partial charge in [0, 0.05) is 17.3 Å². The Hall–Kier alpha value is -2.61. The van der Waals surface area contributed by atoms with E-state index < -0.39 is 17.1 Å². The summed E-state index contributed by atoms with van der Waals surface area (Å²) in [7, 11) is 0. The molecule has 0 spiro atoms. The van der Waals surface area contributed by atoms with Gasteiger partial charge in [-0.05, 0) is 25.5 Å². The van der Waals surface area contributed by atoms with Crippen molar-refractivity contribution in [2.45, 2.75) is 37.1 Å². The summed E-state index contributed by atoms with van der Waals surface area (Å²) in [6.45, 7) is 3.67. The number of carbonyl (C=O) groups excluding carboxylic acids is 2.